The molecule has 2 N–H and O–H groups in total. The van der Waals surface area contributed by atoms with Crippen LogP contribution >= 0.6 is 11.6 Å². The fraction of sp³-hybridized carbons (Fsp3) is 0.0500. The Hall–Kier alpha value is -2.98. The van der Waals surface area contributed by atoms with Crippen LogP contribution in [0.1, 0.15) is 5.56 Å². The predicted molar refractivity (Wildman–Crippen MR) is 101 cm³/mol. The van der Waals surface area contributed by atoms with Crippen molar-refractivity contribution in [2.45, 2.75) is 6.54 Å². The molecule has 2 heterocycles. The van der Waals surface area contributed by atoms with Crippen LogP contribution in [0.25, 0.3) is 16.9 Å². The lowest BCUT2D eigenvalue weighted by atomic mass is 10.1. The quantitative estimate of drug-likeness (QED) is 0.546. The van der Waals surface area contributed by atoms with Crippen molar-refractivity contribution in [3.63, 3.8) is 0 Å². The van der Waals surface area contributed by atoms with Gasteiger partial charge >= 0.3 is 0 Å². The van der Waals surface area contributed by atoms with Crippen LogP contribution in [0.15, 0.2) is 72.9 Å². The predicted octanol–water partition coefficient (Wildman–Crippen LogP) is 4.97. The van der Waals surface area contributed by atoms with Crippen molar-refractivity contribution >= 4 is 23.1 Å². The average Bonchev–Trinajstić information content (AvgIpc) is 3.00. The summed E-state index contributed by atoms with van der Waals surface area (Å²) in [6, 6.07) is 20.7. The second kappa shape index (κ2) is 6.49. The summed E-state index contributed by atoms with van der Waals surface area (Å²) < 4.78 is 2.01. The first kappa shape index (κ1) is 15.5. The third-order valence-corrected chi connectivity index (χ3v) is 4.44. The Morgan fingerprint density at radius 1 is 0.960 bits per heavy atom. The summed E-state index contributed by atoms with van der Waals surface area (Å²) in [5, 5.41) is 13.7. The average molecular weight is 350 g/mol. The van der Waals surface area contributed by atoms with Crippen molar-refractivity contribution in [3.05, 3.63) is 83.5 Å². The second-order valence-corrected chi connectivity index (χ2v) is 6.14. The van der Waals surface area contributed by atoms with Crippen molar-refractivity contribution < 1.29 is 5.11 Å². The van der Waals surface area contributed by atoms with Crippen LogP contribution in [-0.4, -0.2) is 14.5 Å². The highest BCUT2D eigenvalue weighted by Crippen LogP contribution is 2.30. The lowest BCUT2D eigenvalue weighted by Crippen LogP contribution is -2.03. The minimum Gasteiger partial charge on any atom is -0.508 e. The molecule has 4 rings (SSSR count). The Bertz CT molecular complexity index is 1020. The molecule has 0 amide bonds. The van der Waals surface area contributed by atoms with E-state index in [1.807, 2.05) is 65.2 Å². The fourth-order valence-electron chi connectivity index (χ4n) is 2.81. The summed E-state index contributed by atoms with van der Waals surface area (Å²) >= 11 is 6.27. The van der Waals surface area contributed by atoms with Crippen LogP contribution in [0.2, 0.25) is 5.02 Å². The van der Waals surface area contributed by atoms with Crippen LogP contribution < -0.4 is 5.32 Å². The Morgan fingerprint density at radius 2 is 1.72 bits per heavy atom. The second-order valence-electron chi connectivity index (χ2n) is 5.73. The van der Waals surface area contributed by atoms with Gasteiger partial charge in [-0.3, -0.25) is 4.40 Å². The minimum absolute atomic E-state index is 0.234. The Balaban J connectivity index is 1.77. The molecule has 0 aliphatic heterocycles. The lowest BCUT2D eigenvalue weighted by Gasteiger charge is -2.10. The molecule has 0 aliphatic carbocycles. The number of hydrogen-bond acceptors (Lipinski definition) is 3. The molecule has 0 fully saturated rings. The Labute approximate surface area is 150 Å². The van der Waals surface area contributed by atoms with Gasteiger partial charge in [-0.15, -0.1) is 0 Å². The number of pyridine rings is 1. The molecule has 0 aliphatic rings. The van der Waals surface area contributed by atoms with Crippen molar-refractivity contribution in [1.29, 1.82) is 0 Å². The zero-order valence-electron chi connectivity index (χ0n) is 13.4. The van der Waals surface area contributed by atoms with Gasteiger partial charge in [0.2, 0.25) is 0 Å². The summed E-state index contributed by atoms with van der Waals surface area (Å²) in [5.41, 5.74) is 3.64. The van der Waals surface area contributed by atoms with Gasteiger partial charge in [0.05, 0.1) is 0 Å². The van der Waals surface area contributed by atoms with Gasteiger partial charge < -0.3 is 10.4 Å². The van der Waals surface area contributed by atoms with E-state index < -0.39 is 0 Å². The number of phenolic OH excluding ortho intramolecular Hbond substituents is 1. The van der Waals surface area contributed by atoms with E-state index in [0.717, 1.165) is 33.3 Å². The molecule has 5 heteroatoms. The first-order valence-electron chi connectivity index (χ1n) is 7.96. The van der Waals surface area contributed by atoms with Crippen LogP contribution in [-0.2, 0) is 6.54 Å². The van der Waals surface area contributed by atoms with Crippen LogP contribution in [0.4, 0.5) is 5.82 Å². The molecular weight excluding hydrogens is 334 g/mol. The van der Waals surface area contributed by atoms with Gasteiger partial charge in [0.15, 0.2) is 0 Å². The summed E-state index contributed by atoms with van der Waals surface area (Å²) in [4.78, 5) is 4.73. The summed E-state index contributed by atoms with van der Waals surface area (Å²) in [7, 11) is 0. The standard InChI is InChI=1S/C20H16ClN3O/c21-17-6-2-1-5-15(17)13-22-20-19(14-8-10-16(25)11-9-14)23-18-7-3-4-12-24(18)20/h1-12,22,25H,13H2. The highest BCUT2D eigenvalue weighted by molar-refractivity contribution is 6.31. The first-order chi connectivity index (χ1) is 12.2. The number of nitrogens with one attached hydrogen (secondary N) is 1. The van der Waals surface area contributed by atoms with Gasteiger partial charge in [-0.2, -0.15) is 0 Å². The topological polar surface area (TPSA) is 49.6 Å². The van der Waals surface area contributed by atoms with E-state index in [1.54, 1.807) is 12.1 Å². The van der Waals surface area contributed by atoms with Gasteiger partial charge in [-0.1, -0.05) is 35.9 Å². The SMILES string of the molecule is Oc1ccc(-c2nc3ccccn3c2NCc2ccccc2Cl)cc1. The number of aromatic hydroxyl groups is 1. The molecule has 0 saturated heterocycles. The lowest BCUT2D eigenvalue weighted by molar-refractivity contribution is 0.475. The van der Waals surface area contributed by atoms with Gasteiger partial charge in [-0.05, 0) is 48.0 Å². The van der Waals surface area contributed by atoms with Gasteiger partial charge in [0.1, 0.15) is 22.9 Å². The summed E-state index contributed by atoms with van der Waals surface area (Å²) in [6.45, 7) is 0.591. The maximum absolute atomic E-state index is 9.54. The maximum atomic E-state index is 9.54. The smallest absolute Gasteiger partial charge is 0.139 e. The third kappa shape index (κ3) is 3.04. The number of imidazole rings is 1. The molecule has 0 radical (unpaired) electrons. The molecule has 2 aromatic heterocycles. The largest absolute Gasteiger partial charge is 0.508 e. The van der Waals surface area contributed by atoms with E-state index in [0.29, 0.717) is 6.54 Å². The monoisotopic (exact) mass is 349 g/mol. The molecule has 25 heavy (non-hydrogen) atoms. The zero-order valence-corrected chi connectivity index (χ0v) is 14.1. The summed E-state index contributed by atoms with van der Waals surface area (Å²) in [6.07, 6.45) is 1.97. The highest BCUT2D eigenvalue weighted by atomic mass is 35.5. The number of anilines is 1. The van der Waals surface area contributed by atoms with E-state index in [1.165, 1.54) is 0 Å². The van der Waals surface area contributed by atoms with Crippen molar-refractivity contribution in [1.82, 2.24) is 9.38 Å². The molecular formula is C20H16ClN3O. The van der Waals surface area contributed by atoms with Crippen LogP contribution in [0, 0.1) is 0 Å². The Kier molecular flexibility index (Phi) is 4.04. The number of nitrogens with zero attached hydrogens (tertiary/aromatic N) is 2. The molecule has 124 valence electrons. The molecule has 0 spiro atoms. The van der Waals surface area contributed by atoms with E-state index >= 15 is 0 Å². The molecule has 0 saturated carbocycles. The molecule has 4 nitrogen and oxygen atoms in total. The molecule has 0 unspecified atom stereocenters. The van der Waals surface area contributed by atoms with E-state index in [2.05, 4.69) is 5.32 Å². The molecule has 0 atom stereocenters. The third-order valence-electron chi connectivity index (χ3n) is 4.07. The number of hydrogen-bond donors (Lipinski definition) is 2. The molecule has 4 aromatic rings. The van der Waals surface area contributed by atoms with Gasteiger partial charge in [0, 0.05) is 23.3 Å². The minimum atomic E-state index is 0.234. The van der Waals surface area contributed by atoms with Crippen molar-refractivity contribution in [2.75, 3.05) is 5.32 Å². The number of phenols is 1. The fourth-order valence-corrected chi connectivity index (χ4v) is 3.01. The first-order valence-corrected chi connectivity index (χ1v) is 8.34. The van der Waals surface area contributed by atoms with Crippen molar-refractivity contribution in [2.24, 2.45) is 0 Å². The van der Waals surface area contributed by atoms with E-state index in [-0.39, 0.29) is 5.75 Å². The van der Waals surface area contributed by atoms with Gasteiger partial charge in [0.25, 0.3) is 0 Å². The summed E-state index contributed by atoms with van der Waals surface area (Å²) in [5.74, 6) is 1.12. The Morgan fingerprint density at radius 3 is 2.52 bits per heavy atom. The number of benzene rings is 2. The number of aromatic nitrogens is 2. The normalized spacial score (nSPS) is 10.9. The number of fused-ring (bicyclic) bond motifs is 1. The number of halogens is 1. The van der Waals surface area contributed by atoms with E-state index in [9.17, 15) is 5.11 Å². The molecule has 0 bridgehead atoms. The zero-order chi connectivity index (χ0) is 17.2. The number of rotatable bonds is 4. The maximum Gasteiger partial charge on any atom is 0.139 e. The molecule has 2 aromatic carbocycles. The van der Waals surface area contributed by atoms with Crippen LogP contribution in [0.3, 0.4) is 0 Å². The highest BCUT2D eigenvalue weighted by Gasteiger charge is 2.14. The van der Waals surface area contributed by atoms with Crippen LogP contribution in [0.5, 0.6) is 5.75 Å². The van der Waals surface area contributed by atoms with Crippen molar-refractivity contribution in [3.8, 4) is 17.0 Å². The van der Waals surface area contributed by atoms with E-state index in [4.69, 9.17) is 16.6 Å². The van der Waals surface area contributed by atoms with Gasteiger partial charge in [-0.25, -0.2) is 4.98 Å².